The highest BCUT2D eigenvalue weighted by atomic mass is 19.1. The lowest BCUT2D eigenvalue weighted by Crippen LogP contribution is -2.20. The Bertz CT molecular complexity index is 396. The van der Waals surface area contributed by atoms with Crippen molar-refractivity contribution >= 4 is 0 Å². The van der Waals surface area contributed by atoms with Crippen LogP contribution in [0.2, 0.25) is 0 Å². The summed E-state index contributed by atoms with van der Waals surface area (Å²) in [6.45, 7) is 7.72. The lowest BCUT2D eigenvalue weighted by molar-refractivity contribution is 0.222. The third-order valence-electron chi connectivity index (χ3n) is 2.72. The fourth-order valence-electron chi connectivity index (χ4n) is 1.42. The average molecular weight is 297 g/mol. The largest absolute Gasteiger partial charge is 0.392 e. The molecule has 0 saturated carbocycles. The van der Waals surface area contributed by atoms with Gasteiger partial charge in [-0.1, -0.05) is 48.6 Å². The highest BCUT2D eigenvalue weighted by molar-refractivity contribution is 5.27. The van der Waals surface area contributed by atoms with Gasteiger partial charge in [-0.15, -0.1) is 0 Å². The van der Waals surface area contributed by atoms with Crippen molar-refractivity contribution in [2.24, 2.45) is 5.73 Å². The molecular weight excluding hydrogens is 269 g/mol. The average Bonchev–Trinajstić information content (AvgIpc) is 2.53. The summed E-state index contributed by atoms with van der Waals surface area (Å²) in [7, 11) is 0.500. The highest BCUT2D eigenvalue weighted by Crippen LogP contribution is 2.08. The summed E-state index contributed by atoms with van der Waals surface area (Å²) in [6.07, 6.45) is 11.3. The summed E-state index contributed by atoms with van der Waals surface area (Å²) >= 11 is 0. The summed E-state index contributed by atoms with van der Waals surface area (Å²) in [4.78, 5) is 0. The molecule has 0 aromatic rings. The van der Waals surface area contributed by atoms with Gasteiger partial charge in [0.25, 0.3) is 0 Å². The Morgan fingerprint density at radius 2 is 1.95 bits per heavy atom. The van der Waals surface area contributed by atoms with Gasteiger partial charge in [0, 0.05) is 6.54 Å². The minimum atomic E-state index is -0.604. The van der Waals surface area contributed by atoms with Crippen LogP contribution in [0.1, 0.15) is 20.3 Å². The molecule has 1 unspecified atom stereocenters. The first-order chi connectivity index (χ1) is 10.1. The maximum atomic E-state index is 9.62. The summed E-state index contributed by atoms with van der Waals surface area (Å²) < 4.78 is 9.50. The highest BCUT2D eigenvalue weighted by Gasteiger charge is 2.03. The van der Waals surface area contributed by atoms with Crippen LogP contribution in [0.4, 0.5) is 4.39 Å². The van der Waals surface area contributed by atoms with Crippen LogP contribution in [-0.4, -0.2) is 36.6 Å². The smallest absolute Gasteiger partial charge is 0.0908 e. The molecule has 0 heterocycles. The number of nitrogens with two attached hydrogens (primary N) is 1. The molecule has 0 aliphatic carbocycles. The molecule has 0 aromatic heterocycles. The fraction of sp³-hybridized carbons (Fsp3) is 0.412. The van der Waals surface area contributed by atoms with Crippen molar-refractivity contribution in [2.75, 3.05) is 20.3 Å². The van der Waals surface area contributed by atoms with Gasteiger partial charge in [0.05, 0.1) is 19.9 Å². The molecule has 0 amide bonds. The van der Waals surface area contributed by atoms with Gasteiger partial charge in [0.2, 0.25) is 0 Å². The molecule has 0 spiro atoms. The van der Waals surface area contributed by atoms with Crippen LogP contribution in [-0.2, 0) is 0 Å². The van der Waals surface area contributed by atoms with Gasteiger partial charge in [-0.2, -0.15) is 0 Å². The van der Waals surface area contributed by atoms with E-state index < -0.39 is 6.10 Å². The Balaban J connectivity index is 0. The van der Waals surface area contributed by atoms with Crippen LogP contribution in [0.5, 0.6) is 0 Å². The van der Waals surface area contributed by atoms with Crippen molar-refractivity contribution in [1.82, 2.24) is 0 Å². The number of hydrogen-bond donors (Lipinski definition) is 3. The van der Waals surface area contributed by atoms with Crippen molar-refractivity contribution in [2.45, 2.75) is 26.4 Å². The number of hydrogen-bond acceptors (Lipinski definition) is 3. The number of alkyl halides is 1. The van der Waals surface area contributed by atoms with Gasteiger partial charge in [-0.25, -0.2) is 0 Å². The van der Waals surface area contributed by atoms with Gasteiger partial charge < -0.3 is 15.9 Å². The zero-order valence-corrected chi connectivity index (χ0v) is 13.2. The first-order valence-corrected chi connectivity index (χ1v) is 6.77. The minimum Gasteiger partial charge on any atom is -0.392 e. The Morgan fingerprint density at radius 3 is 2.38 bits per heavy atom. The van der Waals surface area contributed by atoms with Gasteiger partial charge in [0.1, 0.15) is 0 Å². The maximum Gasteiger partial charge on any atom is 0.0908 e. The Hall–Kier alpha value is -1.49. The summed E-state index contributed by atoms with van der Waals surface area (Å²) in [6, 6.07) is 0. The quantitative estimate of drug-likeness (QED) is 0.604. The van der Waals surface area contributed by atoms with Crippen molar-refractivity contribution in [3.05, 3.63) is 59.8 Å². The van der Waals surface area contributed by atoms with Gasteiger partial charge in [-0.3, -0.25) is 4.39 Å². The molecular formula is C17H28FNO2. The van der Waals surface area contributed by atoms with E-state index in [4.69, 9.17) is 10.8 Å². The molecule has 0 bridgehead atoms. The van der Waals surface area contributed by atoms with E-state index in [2.05, 4.69) is 6.58 Å². The van der Waals surface area contributed by atoms with E-state index in [0.29, 0.717) is 7.18 Å². The van der Waals surface area contributed by atoms with E-state index in [-0.39, 0.29) is 13.2 Å². The lowest BCUT2D eigenvalue weighted by Gasteiger charge is -2.07. The summed E-state index contributed by atoms with van der Waals surface area (Å²) in [5.74, 6) is 0. The molecule has 21 heavy (non-hydrogen) atoms. The normalized spacial score (nSPS) is 14.7. The molecule has 120 valence electrons. The zero-order chi connectivity index (χ0) is 16.7. The zero-order valence-electron chi connectivity index (χ0n) is 13.2. The predicted molar refractivity (Wildman–Crippen MR) is 88.7 cm³/mol. The maximum absolute atomic E-state index is 9.62. The molecule has 0 aromatic carbocycles. The molecule has 0 aliphatic rings. The van der Waals surface area contributed by atoms with Crippen molar-refractivity contribution in [1.29, 1.82) is 0 Å². The third kappa shape index (κ3) is 10.9. The SMILES string of the molecule is C=C/C(=C\C=C(/C)C/C=C\C(=C/C)C(O)CN)CO.CF. The molecule has 0 saturated heterocycles. The van der Waals surface area contributed by atoms with Crippen LogP contribution in [0.15, 0.2) is 59.8 Å². The first kappa shape index (κ1) is 21.8. The van der Waals surface area contributed by atoms with Crippen LogP contribution in [0.3, 0.4) is 0 Å². The summed E-state index contributed by atoms with van der Waals surface area (Å²) in [5.41, 5.74) is 8.18. The van der Waals surface area contributed by atoms with Crippen LogP contribution in [0.25, 0.3) is 0 Å². The Morgan fingerprint density at radius 1 is 1.33 bits per heavy atom. The van der Waals surface area contributed by atoms with Gasteiger partial charge >= 0.3 is 0 Å². The monoisotopic (exact) mass is 297 g/mol. The predicted octanol–water partition coefficient (Wildman–Crippen LogP) is 2.84. The number of allylic oxidation sites excluding steroid dienone is 5. The van der Waals surface area contributed by atoms with Crippen LogP contribution >= 0.6 is 0 Å². The second-order valence-corrected chi connectivity index (χ2v) is 4.26. The van der Waals surface area contributed by atoms with Crippen LogP contribution < -0.4 is 5.73 Å². The van der Waals surface area contributed by atoms with Gasteiger partial charge in [-0.05, 0) is 31.4 Å². The number of aliphatic hydroxyl groups is 2. The Labute approximate surface area is 127 Å². The van der Waals surface area contributed by atoms with Gasteiger partial charge in [0.15, 0.2) is 0 Å². The molecule has 0 fully saturated rings. The molecule has 3 nitrogen and oxygen atoms in total. The topological polar surface area (TPSA) is 66.5 Å². The molecule has 0 radical (unpaired) electrons. The third-order valence-corrected chi connectivity index (χ3v) is 2.72. The second kappa shape index (κ2) is 14.9. The van der Waals surface area contributed by atoms with E-state index in [1.165, 1.54) is 0 Å². The fourth-order valence-corrected chi connectivity index (χ4v) is 1.42. The second-order valence-electron chi connectivity index (χ2n) is 4.26. The Kier molecular flexibility index (Phi) is 15.5. The van der Waals surface area contributed by atoms with E-state index in [9.17, 15) is 9.50 Å². The van der Waals surface area contributed by atoms with E-state index >= 15 is 0 Å². The lowest BCUT2D eigenvalue weighted by atomic mass is 10.1. The van der Waals surface area contributed by atoms with E-state index in [1.54, 1.807) is 6.08 Å². The van der Waals surface area contributed by atoms with E-state index in [0.717, 1.165) is 23.1 Å². The minimum absolute atomic E-state index is 0.00542. The summed E-state index contributed by atoms with van der Waals surface area (Å²) in [5, 5.41) is 18.6. The van der Waals surface area contributed by atoms with Crippen LogP contribution in [0, 0.1) is 0 Å². The molecule has 0 rings (SSSR count). The van der Waals surface area contributed by atoms with E-state index in [1.807, 2.05) is 44.2 Å². The van der Waals surface area contributed by atoms with Crippen molar-refractivity contribution < 1.29 is 14.6 Å². The number of aliphatic hydroxyl groups excluding tert-OH is 2. The molecule has 1 atom stereocenters. The standard InChI is InChI=1S/C16H25NO2.CH3F/c1-4-14(12-18)10-9-13(3)7-6-8-15(5-2)16(19)11-17;1-2/h4-6,8-10,16,18-19H,1,7,11-12,17H2,2-3H3;1H3/b8-6-,13-9+,14-10+,15-5+;. The van der Waals surface area contributed by atoms with Crippen molar-refractivity contribution in [3.8, 4) is 0 Å². The molecule has 0 aliphatic heterocycles. The molecule has 4 heteroatoms. The molecule has 4 N–H and O–H groups in total. The first-order valence-electron chi connectivity index (χ1n) is 6.77. The van der Waals surface area contributed by atoms with Crippen molar-refractivity contribution in [3.63, 3.8) is 0 Å². The number of halogens is 1. The number of rotatable bonds is 8.